The first kappa shape index (κ1) is 11.1. The van der Waals surface area contributed by atoms with Crippen LogP contribution < -0.4 is 11.1 Å². The summed E-state index contributed by atoms with van der Waals surface area (Å²) in [5.41, 5.74) is 4.95. The van der Waals surface area contributed by atoms with E-state index in [0.717, 1.165) is 19.3 Å². The van der Waals surface area contributed by atoms with Crippen LogP contribution in [0.1, 0.15) is 33.1 Å². The van der Waals surface area contributed by atoms with Crippen LogP contribution >= 0.6 is 0 Å². The van der Waals surface area contributed by atoms with Gasteiger partial charge in [0.2, 0.25) is 5.91 Å². The fourth-order valence-corrected chi connectivity index (χ4v) is 2.19. The van der Waals surface area contributed by atoms with Gasteiger partial charge in [0.05, 0.1) is 6.54 Å². The normalized spacial score (nSPS) is 30.9. The highest BCUT2D eigenvalue weighted by molar-refractivity contribution is 5.85. The van der Waals surface area contributed by atoms with Crippen molar-refractivity contribution in [1.29, 1.82) is 0 Å². The summed E-state index contributed by atoms with van der Waals surface area (Å²) in [5, 5.41) is 3.20. The summed E-state index contributed by atoms with van der Waals surface area (Å²) in [4.78, 5) is 11.4. The van der Waals surface area contributed by atoms with E-state index in [1.54, 1.807) is 6.92 Å². The number of carbonyl (C=O) groups is 1. The summed E-state index contributed by atoms with van der Waals surface area (Å²) < 4.78 is 0. The van der Waals surface area contributed by atoms with Crippen molar-refractivity contribution < 1.29 is 4.79 Å². The van der Waals surface area contributed by atoms with Crippen molar-refractivity contribution in [2.24, 2.45) is 11.7 Å². The van der Waals surface area contributed by atoms with E-state index >= 15 is 0 Å². The van der Waals surface area contributed by atoms with Gasteiger partial charge in [-0.2, -0.15) is 0 Å². The van der Waals surface area contributed by atoms with Gasteiger partial charge in [0.15, 0.2) is 0 Å². The van der Waals surface area contributed by atoms with E-state index in [-0.39, 0.29) is 5.91 Å². The second-order valence-electron chi connectivity index (χ2n) is 3.91. The molecule has 0 spiro atoms. The van der Waals surface area contributed by atoms with Crippen molar-refractivity contribution in [1.82, 2.24) is 5.32 Å². The van der Waals surface area contributed by atoms with Gasteiger partial charge in [-0.25, -0.2) is 0 Å². The Kier molecular flexibility index (Phi) is 3.54. The van der Waals surface area contributed by atoms with Gasteiger partial charge in [0.1, 0.15) is 5.54 Å². The number of amides is 1. The molecule has 78 valence electrons. The smallest absolute Gasteiger partial charge is 0.238 e. The van der Waals surface area contributed by atoms with Crippen molar-refractivity contribution in [3.05, 3.63) is 0 Å². The predicted molar refractivity (Wildman–Crippen MR) is 56.4 cm³/mol. The molecular weight excluding hydrogens is 176 g/mol. The maximum Gasteiger partial charge on any atom is 0.238 e. The molecule has 3 nitrogen and oxygen atoms in total. The maximum atomic E-state index is 11.4. The molecule has 1 saturated carbocycles. The van der Waals surface area contributed by atoms with E-state index in [4.69, 9.17) is 5.73 Å². The Morgan fingerprint density at radius 1 is 1.71 bits per heavy atom. The number of hydrogen-bond acceptors (Lipinski definition) is 2. The van der Waals surface area contributed by atoms with Gasteiger partial charge in [-0.15, -0.1) is 5.92 Å². The highest BCUT2D eigenvalue weighted by Gasteiger charge is 2.44. The molecule has 1 amide bonds. The van der Waals surface area contributed by atoms with Crippen LogP contribution in [0.2, 0.25) is 0 Å². The number of primary amides is 1. The Hall–Kier alpha value is -1.01. The second-order valence-corrected chi connectivity index (χ2v) is 3.91. The minimum Gasteiger partial charge on any atom is -0.368 e. The molecule has 1 aliphatic carbocycles. The largest absolute Gasteiger partial charge is 0.368 e. The SMILES string of the molecule is CC#CCNC1(C(N)=O)CCCC1C. The third-order valence-corrected chi connectivity index (χ3v) is 3.16. The molecule has 1 fully saturated rings. The Labute approximate surface area is 85.4 Å². The number of nitrogens with two attached hydrogens (primary N) is 1. The van der Waals surface area contributed by atoms with Crippen molar-refractivity contribution in [3.63, 3.8) is 0 Å². The number of hydrogen-bond donors (Lipinski definition) is 2. The van der Waals surface area contributed by atoms with Gasteiger partial charge >= 0.3 is 0 Å². The van der Waals surface area contributed by atoms with E-state index in [1.807, 2.05) is 0 Å². The molecule has 0 heterocycles. The molecule has 0 aliphatic heterocycles. The fraction of sp³-hybridized carbons (Fsp3) is 0.727. The van der Waals surface area contributed by atoms with Gasteiger partial charge in [-0.1, -0.05) is 19.3 Å². The van der Waals surface area contributed by atoms with Gasteiger partial charge in [-0.3, -0.25) is 10.1 Å². The van der Waals surface area contributed by atoms with Crippen LogP contribution in [-0.4, -0.2) is 18.0 Å². The van der Waals surface area contributed by atoms with Crippen LogP contribution in [0.3, 0.4) is 0 Å². The summed E-state index contributed by atoms with van der Waals surface area (Å²) in [6.07, 6.45) is 2.97. The van der Waals surface area contributed by atoms with Crippen LogP contribution in [0.15, 0.2) is 0 Å². The lowest BCUT2D eigenvalue weighted by Crippen LogP contribution is -2.57. The summed E-state index contributed by atoms with van der Waals surface area (Å²) in [6.45, 7) is 4.41. The maximum absolute atomic E-state index is 11.4. The fourth-order valence-electron chi connectivity index (χ4n) is 2.19. The average Bonchev–Trinajstić information content (AvgIpc) is 2.49. The van der Waals surface area contributed by atoms with Crippen LogP contribution in [0.25, 0.3) is 0 Å². The number of carbonyl (C=O) groups excluding carboxylic acids is 1. The van der Waals surface area contributed by atoms with Crippen LogP contribution in [-0.2, 0) is 4.79 Å². The molecule has 0 radical (unpaired) electrons. The summed E-state index contributed by atoms with van der Waals surface area (Å²) in [6, 6.07) is 0. The molecule has 1 rings (SSSR count). The topological polar surface area (TPSA) is 55.1 Å². The minimum atomic E-state index is -0.510. The Morgan fingerprint density at radius 3 is 2.86 bits per heavy atom. The Morgan fingerprint density at radius 2 is 2.43 bits per heavy atom. The molecule has 0 aromatic heterocycles. The first-order valence-corrected chi connectivity index (χ1v) is 5.08. The van der Waals surface area contributed by atoms with Crippen molar-refractivity contribution in [3.8, 4) is 11.8 Å². The van der Waals surface area contributed by atoms with Crippen molar-refractivity contribution >= 4 is 5.91 Å². The van der Waals surface area contributed by atoms with Gasteiger partial charge in [0.25, 0.3) is 0 Å². The highest BCUT2D eigenvalue weighted by atomic mass is 16.1. The molecule has 0 bridgehead atoms. The lowest BCUT2D eigenvalue weighted by atomic mass is 9.87. The molecule has 2 atom stereocenters. The van der Waals surface area contributed by atoms with Crippen LogP contribution in [0, 0.1) is 17.8 Å². The molecule has 0 saturated heterocycles. The van der Waals surface area contributed by atoms with Gasteiger partial charge in [0, 0.05) is 0 Å². The van der Waals surface area contributed by atoms with Crippen molar-refractivity contribution in [2.75, 3.05) is 6.54 Å². The predicted octanol–water partition coefficient (Wildman–Crippen LogP) is 0.643. The highest BCUT2D eigenvalue weighted by Crippen LogP contribution is 2.34. The molecule has 0 aromatic carbocycles. The van der Waals surface area contributed by atoms with Gasteiger partial charge < -0.3 is 5.73 Å². The summed E-state index contributed by atoms with van der Waals surface area (Å²) in [7, 11) is 0. The average molecular weight is 194 g/mol. The molecule has 3 N–H and O–H groups in total. The Bertz CT molecular complexity index is 277. The third kappa shape index (κ3) is 1.91. The molecule has 0 aromatic rings. The van der Waals surface area contributed by atoms with Crippen molar-refractivity contribution in [2.45, 2.75) is 38.6 Å². The van der Waals surface area contributed by atoms with E-state index in [1.165, 1.54) is 0 Å². The second kappa shape index (κ2) is 4.47. The molecule has 3 heteroatoms. The quantitative estimate of drug-likeness (QED) is 0.648. The molecule has 1 aliphatic rings. The molecular formula is C11H18N2O. The first-order chi connectivity index (χ1) is 6.63. The third-order valence-electron chi connectivity index (χ3n) is 3.16. The lowest BCUT2D eigenvalue weighted by molar-refractivity contribution is -0.125. The monoisotopic (exact) mass is 194 g/mol. The number of nitrogens with one attached hydrogen (secondary N) is 1. The zero-order chi connectivity index (χ0) is 10.6. The van der Waals surface area contributed by atoms with Crippen LogP contribution in [0.5, 0.6) is 0 Å². The summed E-state index contributed by atoms with van der Waals surface area (Å²) in [5.74, 6) is 5.79. The zero-order valence-corrected chi connectivity index (χ0v) is 8.89. The molecule has 2 unspecified atom stereocenters. The van der Waals surface area contributed by atoms with E-state index in [0.29, 0.717) is 12.5 Å². The summed E-state index contributed by atoms with van der Waals surface area (Å²) >= 11 is 0. The van der Waals surface area contributed by atoms with E-state index in [2.05, 4.69) is 24.1 Å². The lowest BCUT2D eigenvalue weighted by Gasteiger charge is -2.30. The standard InChI is InChI=1S/C11H18N2O/c1-3-4-8-13-11(10(12)14)7-5-6-9(11)2/h9,13H,5-8H2,1-2H3,(H2,12,14). The minimum absolute atomic E-state index is 0.236. The number of rotatable bonds is 3. The van der Waals surface area contributed by atoms with E-state index < -0.39 is 5.54 Å². The zero-order valence-electron chi connectivity index (χ0n) is 8.89. The Balaban J connectivity index is 2.70. The molecule has 14 heavy (non-hydrogen) atoms. The van der Waals surface area contributed by atoms with Crippen LogP contribution in [0.4, 0.5) is 0 Å². The van der Waals surface area contributed by atoms with E-state index in [9.17, 15) is 4.79 Å². The van der Waals surface area contributed by atoms with Gasteiger partial charge in [-0.05, 0) is 25.7 Å². The first-order valence-electron chi connectivity index (χ1n) is 5.08.